The van der Waals surface area contributed by atoms with E-state index in [-0.39, 0.29) is 18.7 Å². The van der Waals surface area contributed by atoms with E-state index in [2.05, 4.69) is 0 Å². The molecular weight excluding hydrogens is 466 g/mol. The molecule has 1 saturated carbocycles. The number of hydrogen-bond acceptors (Lipinski definition) is 5. The molecule has 1 aliphatic carbocycles. The molecule has 1 N–H and O–H groups in total. The van der Waals surface area contributed by atoms with Crippen LogP contribution in [0.1, 0.15) is 87.2 Å². The van der Waals surface area contributed by atoms with E-state index < -0.39 is 11.6 Å². The number of hydrogen-bond donors (Lipinski definition) is 1. The molecule has 1 aliphatic rings. The van der Waals surface area contributed by atoms with Crippen molar-refractivity contribution in [1.29, 1.82) is 0 Å². The van der Waals surface area contributed by atoms with Crippen LogP contribution < -0.4 is 0 Å². The van der Waals surface area contributed by atoms with Crippen LogP contribution in [0, 0.1) is 12.8 Å². The minimum absolute atomic E-state index is 0.00637. The van der Waals surface area contributed by atoms with Gasteiger partial charge in [0.25, 0.3) is 0 Å². The second-order valence-corrected chi connectivity index (χ2v) is 11.2. The highest BCUT2D eigenvalue weighted by molar-refractivity contribution is 5.97. The lowest BCUT2D eigenvalue weighted by atomic mass is 9.84. The SMILES string of the molecule is COC(=O)c1ccc(CN(C(=O)OC(C)(C)C)[C@H](CCO)CC2CCCCC2)cc1-c1ccccc1C. The Morgan fingerprint density at radius 2 is 1.76 bits per heavy atom. The quantitative estimate of drug-likeness (QED) is 0.372. The maximum Gasteiger partial charge on any atom is 0.410 e. The highest BCUT2D eigenvalue weighted by Gasteiger charge is 2.31. The third kappa shape index (κ3) is 8.06. The average Bonchev–Trinajstić information content (AvgIpc) is 2.86. The molecule has 2 aromatic rings. The Bertz CT molecular complexity index is 1050. The van der Waals surface area contributed by atoms with Crippen molar-refractivity contribution in [3.63, 3.8) is 0 Å². The highest BCUT2D eigenvalue weighted by atomic mass is 16.6. The van der Waals surface area contributed by atoms with E-state index in [1.165, 1.54) is 26.4 Å². The number of nitrogens with zero attached hydrogens (tertiary/aromatic N) is 1. The molecule has 0 saturated heterocycles. The van der Waals surface area contributed by atoms with Crippen LogP contribution in [0.2, 0.25) is 0 Å². The van der Waals surface area contributed by atoms with Gasteiger partial charge in [-0.2, -0.15) is 0 Å². The van der Waals surface area contributed by atoms with Gasteiger partial charge in [-0.3, -0.25) is 0 Å². The zero-order chi connectivity index (χ0) is 27.0. The van der Waals surface area contributed by atoms with E-state index in [1.54, 1.807) is 11.0 Å². The zero-order valence-corrected chi connectivity index (χ0v) is 23.1. The lowest BCUT2D eigenvalue weighted by molar-refractivity contribution is 0.00776. The van der Waals surface area contributed by atoms with Gasteiger partial charge in [0.2, 0.25) is 0 Å². The topological polar surface area (TPSA) is 76.1 Å². The maximum absolute atomic E-state index is 13.5. The average molecular weight is 510 g/mol. The van der Waals surface area contributed by atoms with Crippen LogP contribution in [0.4, 0.5) is 4.79 Å². The lowest BCUT2D eigenvalue weighted by Crippen LogP contribution is -2.44. The number of carbonyl (C=O) groups is 2. The van der Waals surface area contributed by atoms with Crippen LogP contribution in [0.5, 0.6) is 0 Å². The Morgan fingerprint density at radius 3 is 2.38 bits per heavy atom. The van der Waals surface area contributed by atoms with Gasteiger partial charge >= 0.3 is 12.1 Å². The second-order valence-electron chi connectivity index (χ2n) is 11.2. The lowest BCUT2D eigenvalue weighted by Gasteiger charge is -2.36. The molecule has 6 nitrogen and oxygen atoms in total. The number of benzene rings is 2. The van der Waals surface area contributed by atoms with Gasteiger partial charge in [-0.15, -0.1) is 0 Å². The summed E-state index contributed by atoms with van der Waals surface area (Å²) in [7, 11) is 1.38. The van der Waals surface area contributed by atoms with Gasteiger partial charge in [-0.05, 0) is 80.8 Å². The van der Waals surface area contributed by atoms with Gasteiger partial charge in [0.15, 0.2) is 0 Å². The maximum atomic E-state index is 13.5. The van der Waals surface area contributed by atoms with Crippen LogP contribution in [0.3, 0.4) is 0 Å². The normalized spacial score (nSPS) is 15.2. The fourth-order valence-corrected chi connectivity index (χ4v) is 5.29. The largest absolute Gasteiger partial charge is 0.465 e. The van der Waals surface area contributed by atoms with E-state index in [9.17, 15) is 14.7 Å². The number of amides is 1. The smallest absolute Gasteiger partial charge is 0.410 e. The molecule has 0 unspecified atom stereocenters. The molecule has 6 heteroatoms. The number of aliphatic hydroxyl groups is 1. The van der Waals surface area contributed by atoms with Crippen molar-refractivity contribution in [1.82, 2.24) is 4.90 Å². The summed E-state index contributed by atoms with van der Waals surface area (Å²) in [5, 5.41) is 9.91. The summed E-state index contributed by atoms with van der Waals surface area (Å²) in [4.78, 5) is 27.9. The number of esters is 1. The molecule has 202 valence electrons. The van der Waals surface area contributed by atoms with E-state index in [0.29, 0.717) is 24.4 Å². The second kappa shape index (κ2) is 13.1. The molecule has 1 atom stereocenters. The van der Waals surface area contributed by atoms with Gasteiger partial charge in [0, 0.05) is 19.2 Å². The van der Waals surface area contributed by atoms with Gasteiger partial charge < -0.3 is 19.5 Å². The van der Waals surface area contributed by atoms with Crippen molar-refractivity contribution in [2.45, 2.75) is 90.8 Å². The molecule has 0 heterocycles. The molecule has 0 radical (unpaired) electrons. The zero-order valence-electron chi connectivity index (χ0n) is 23.1. The van der Waals surface area contributed by atoms with Crippen molar-refractivity contribution in [3.8, 4) is 11.1 Å². The Hall–Kier alpha value is -2.86. The summed E-state index contributed by atoms with van der Waals surface area (Å²) in [5.74, 6) is 0.142. The number of aliphatic hydroxyl groups excluding tert-OH is 1. The molecular formula is C31H43NO5. The molecule has 3 rings (SSSR count). The fourth-order valence-electron chi connectivity index (χ4n) is 5.29. The first-order valence-electron chi connectivity index (χ1n) is 13.5. The van der Waals surface area contributed by atoms with Crippen LogP contribution in [-0.4, -0.2) is 47.4 Å². The van der Waals surface area contributed by atoms with Crippen LogP contribution >= 0.6 is 0 Å². The van der Waals surface area contributed by atoms with Gasteiger partial charge in [-0.1, -0.05) is 62.4 Å². The molecule has 37 heavy (non-hydrogen) atoms. The van der Waals surface area contributed by atoms with E-state index in [0.717, 1.165) is 41.5 Å². The summed E-state index contributed by atoms with van der Waals surface area (Å²) in [6, 6.07) is 13.4. The van der Waals surface area contributed by atoms with Crippen LogP contribution in [0.25, 0.3) is 11.1 Å². The predicted molar refractivity (Wildman–Crippen MR) is 146 cm³/mol. The number of aryl methyl sites for hydroxylation is 1. The van der Waals surface area contributed by atoms with Crippen molar-refractivity contribution in [2.24, 2.45) is 5.92 Å². The van der Waals surface area contributed by atoms with E-state index in [1.807, 2.05) is 64.1 Å². The van der Waals surface area contributed by atoms with Gasteiger partial charge in [0.1, 0.15) is 5.60 Å². The van der Waals surface area contributed by atoms with Crippen LogP contribution in [0.15, 0.2) is 42.5 Å². The number of ether oxygens (including phenoxy) is 2. The first kappa shape index (κ1) is 28.7. The molecule has 0 bridgehead atoms. The summed E-state index contributed by atoms with van der Waals surface area (Å²) in [6.07, 6.45) is 7.01. The first-order chi connectivity index (χ1) is 17.6. The Kier molecular flexibility index (Phi) is 10.2. The third-order valence-corrected chi connectivity index (χ3v) is 7.14. The molecule has 2 aromatic carbocycles. The Labute approximate surface area is 222 Å². The molecule has 0 aromatic heterocycles. The highest BCUT2D eigenvalue weighted by Crippen LogP contribution is 2.32. The Morgan fingerprint density at radius 1 is 1.05 bits per heavy atom. The van der Waals surface area contributed by atoms with Gasteiger partial charge in [-0.25, -0.2) is 9.59 Å². The third-order valence-electron chi connectivity index (χ3n) is 7.14. The van der Waals surface area contributed by atoms with Crippen molar-refractivity contribution in [3.05, 3.63) is 59.2 Å². The molecule has 0 spiro atoms. The van der Waals surface area contributed by atoms with Gasteiger partial charge in [0.05, 0.1) is 12.7 Å². The monoisotopic (exact) mass is 509 g/mol. The van der Waals surface area contributed by atoms with Crippen molar-refractivity contribution in [2.75, 3.05) is 13.7 Å². The molecule has 1 amide bonds. The van der Waals surface area contributed by atoms with Crippen molar-refractivity contribution < 1.29 is 24.2 Å². The molecule has 0 aliphatic heterocycles. The molecule has 1 fully saturated rings. The number of carbonyl (C=O) groups excluding carboxylic acids is 2. The fraction of sp³-hybridized carbons (Fsp3) is 0.548. The predicted octanol–water partition coefficient (Wildman–Crippen LogP) is 6.91. The van der Waals surface area contributed by atoms with E-state index in [4.69, 9.17) is 9.47 Å². The number of methoxy groups -OCH3 is 1. The summed E-state index contributed by atoms with van der Waals surface area (Å²) < 4.78 is 10.9. The minimum atomic E-state index is -0.634. The first-order valence-corrected chi connectivity index (χ1v) is 13.5. The number of rotatable bonds is 9. The standard InChI is InChI=1S/C31H43NO5/c1-22-11-9-10-14-26(22)28-20-24(15-16-27(28)29(34)36-5)21-32(30(35)37-31(2,3)4)25(17-18-33)19-23-12-7-6-8-13-23/h9-11,14-16,20,23,25,33H,6-8,12-13,17-19,21H2,1-5H3/t25-/m1/s1. The Balaban J connectivity index is 2.00. The summed E-state index contributed by atoms with van der Waals surface area (Å²) >= 11 is 0. The minimum Gasteiger partial charge on any atom is -0.465 e. The van der Waals surface area contributed by atoms with Crippen LogP contribution in [-0.2, 0) is 16.0 Å². The summed E-state index contributed by atoms with van der Waals surface area (Å²) in [5.41, 5.74) is 3.51. The summed E-state index contributed by atoms with van der Waals surface area (Å²) in [6.45, 7) is 7.95. The van der Waals surface area contributed by atoms with E-state index >= 15 is 0 Å². The van der Waals surface area contributed by atoms with Crippen molar-refractivity contribution >= 4 is 12.1 Å².